The van der Waals surface area contributed by atoms with Crippen LogP contribution >= 0.6 is 11.3 Å². The van der Waals surface area contributed by atoms with Crippen molar-refractivity contribution in [1.29, 1.82) is 0 Å². The molecule has 114 valence electrons. The van der Waals surface area contributed by atoms with Gasteiger partial charge in [-0.3, -0.25) is 4.79 Å². The Morgan fingerprint density at radius 3 is 3.05 bits per heavy atom. The van der Waals surface area contributed by atoms with Crippen LogP contribution in [0.5, 0.6) is 0 Å². The van der Waals surface area contributed by atoms with Gasteiger partial charge in [-0.2, -0.15) is 0 Å². The summed E-state index contributed by atoms with van der Waals surface area (Å²) in [7, 11) is 0. The highest BCUT2D eigenvalue weighted by Crippen LogP contribution is 2.42. The van der Waals surface area contributed by atoms with E-state index in [0.29, 0.717) is 26.1 Å². The molecule has 22 heavy (non-hydrogen) atoms. The highest BCUT2D eigenvalue weighted by atomic mass is 32.1. The molecular weight excluding hydrogens is 294 g/mol. The molecule has 4 heteroatoms. The van der Waals surface area contributed by atoms with Crippen LogP contribution in [0, 0.1) is 0 Å². The molecule has 1 spiro atoms. The Labute approximate surface area is 134 Å². The predicted molar refractivity (Wildman–Crippen MR) is 87.0 cm³/mol. The van der Waals surface area contributed by atoms with E-state index in [2.05, 4.69) is 24.3 Å². The molecular formula is C18H19NO2S. The molecule has 0 radical (unpaired) electrons. The number of carbonyl (C=O) groups is 1. The predicted octanol–water partition coefficient (Wildman–Crippen LogP) is 2.99. The van der Waals surface area contributed by atoms with Crippen LogP contribution in [0.1, 0.15) is 22.4 Å². The van der Waals surface area contributed by atoms with Crippen LogP contribution in [0.3, 0.4) is 0 Å². The molecule has 1 aliphatic carbocycles. The van der Waals surface area contributed by atoms with E-state index in [9.17, 15) is 4.79 Å². The third-order valence-corrected chi connectivity index (χ3v) is 5.63. The number of hydrogen-bond donors (Lipinski definition) is 0. The van der Waals surface area contributed by atoms with Crippen molar-refractivity contribution in [3.63, 3.8) is 0 Å². The number of morpholine rings is 1. The molecule has 1 amide bonds. The molecule has 1 aliphatic heterocycles. The van der Waals surface area contributed by atoms with E-state index in [0.717, 1.165) is 17.7 Å². The lowest BCUT2D eigenvalue weighted by Crippen LogP contribution is -2.51. The molecule has 2 aliphatic rings. The van der Waals surface area contributed by atoms with Crippen molar-refractivity contribution in [2.75, 3.05) is 19.7 Å². The molecule has 2 aromatic rings. The van der Waals surface area contributed by atoms with E-state index < -0.39 is 0 Å². The Bertz CT molecular complexity index is 678. The molecule has 3 nitrogen and oxygen atoms in total. The average molecular weight is 313 g/mol. The van der Waals surface area contributed by atoms with Crippen molar-refractivity contribution in [3.8, 4) is 0 Å². The summed E-state index contributed by atoms with van der Waals surface area (Å²) in [6.07, 6.45) is 2.54. The molecule has 2 heterocycles. The van der Waals surface area contributed by atoms with Gasteiger partial charge < -0.3 is 9.64 Å². The minimum atomic E-state index is -0.278. The monoisotopic (exact) mass is 313 g/mol. The number of carbonyl (C=O) groups excluding carboxylic acids is 1. The molecule has 1 fully saturated rings. The summed E-state index contributed by atoms with van der Waals surface area (Å²) in [6.45, 7) is 2.02. The number of amides is 1. The van der Waals surface area contributed by atoms with Gasteiger partial charge in [0.1, 0.15) is 5.60 Å². The lowest BCUT2D eigenvalue weighted by atomic mass is 9.93. The second-order valence-corrected chi connectivity index (χ2v) is 7.10. The standard InChI is InChI=1S/C18H19NO2S/c20-17(12-15-5-3-11-22-15)19-9-10-21-18(13-19)8-7-14-4-1-2-6-16(14)18/h1-6,11H,7-10,12-13H2/t18-/m0/s1. The van der Waals surface area contributed by atoms with E-state index in [1.807, 2.05) is 22.4 Å². The minimum Gasteiger partial charge on any atom is -0.367 e. The first kappa shape index (κ1) is 14.0. The van der Waals surface area contributed by atoms with E-state index in [4.69, 9.17) is 4.74 Å². The summed E-state index contributed by atoms with van der Waals surface area (Å²) < 4.78 is 6.18. The molecule has 0 saturated carbocycles. The summed E-state index contributed by atoms with van der Waals surface area (Å²) >= 11 is 1.65. The Hall–Kier alpha value is -1.65. The van der Waals surface area contributed by atoms with Gasteiger partial charge in [0.05, 0.1) is 19.6 Å². The van der Waals surface area contributed by atoms with Crippen LogP contribution in [0.15, 0.2) is 41.8 Å². The largest absolute Gasteiger partial charge is 0.367 e. The normalized spacial score (nSPS) is 23.7. The first-order valence-corrected chi connectivity index (χ1v) is 8.67. The SMILES string of the molecule is O=C(Cc1cccs1)N1CCO[C@@]2(CCc3ccccc32)C1. The van der Waals surface area contributed by atoms with Crippen molar-refractivity contribution in [3.05, 3.63) is 57.8 Å². The lowest BCUT2D eigenvalue weighted by molar-refractivity contribution is -0.151. The summed E-state index contributed by atoms with van der Waals surface area (Å²) in [4.78, 5) is 15.7. The molecule has 1 aromatic carbocycles. The summed E-state index contributed by atoms with van der Waals surface area (Å²) in [5.74, 6) is 0.217. The minimum absolute atomic E-state index is 0.217. The van der Waals surface area contributed by atoms with E-state index in [-0.39, 0.29) is 11.5 Å². The van der Waals surface area contributed by atoms with E-state index in [1.54, 1.807) is 11.3 Å². The number of ether oxygens (including phenoxy) is 1. The summed E-state index contributed by atoms with van der Waals surface area (Å²) in [5, 5.41) is 2.02. The van der Waals surface area contributed by atoms with Gasteiger partial charge in [-0.1, -0.05) is 30.3 Å². The maximum absolute atomic E-state index is 12.6. The molecule has 0 unspecified atom stereocenters. The average Bonchev–Trinajstić information content (AvgIpc) is 3.17. The molecule has 1 aromatic heterocycles. The Morgan fingerprint density at radius 2 is 2.18 bits per heavy atom. The molecule has 1 saturated heterocycles. The first-order valence-electron chi connectivity index (χ1n) is 7.79. The fraction of sp³-hybridized carbons (Fsp3) is 0.389. The first-order chi connectivity index (χ1) is 10.8. The molecule has 0 bridgehead atoms. The van der Waals surface area contributed by atoms with Crippen LogP contribution < -0.4 is 0 Å². The third-order valence-electron chi connectivity index (χ3n) is 4.75. The lowest BCUT2D eigenvalue weighted by Gasteiger charge is -2.41. The van der Waals surface area contributed by atoms with Gasteiger partial charge in [0, 0.05) is 11.4 Å². The van der Waals surface area contributed by atoms with Crippen molar-refractivity contribution in [2.45, 2.75) is 24.9 Å². The van der Waals surface area contributed by atoms with Gasteiger partial charge in [0.2, 0.25) is 5.91 Å². The fourth-order valence-electron chi connectivity index (χ4n) is 3.64. The number of aryl methyl sites for hydroxylation is 1. The van der Waals surface area contributed by atoms with Crippen molar-refractivity contribution < 1.29 is 9.53 Å². The molecule has 0 N–H and O–H groups in total. The smallest absolute Gasteiger partial charge is 0.228 e. The zero-order chi connectivity index (χ0) is 15.0. The number of fused-ring (bicyclic) bond motifs is 2. The molecule has 4 rings (SSSR count). The van der Waals surface area contributed by atoms with E-state index in [1.165, 1.54) is 11.1 Å². The maximum atomic E-state index is 12.6. The Kier molecular flexibility index (Phi) is 3.51. The fourth-order valence-corrected chi connectivity index (χ4v) is 4.34. The topological polar surface area (TPSA) is 29.5 Å². The van der Waals surface area contributed by atoms with Crippen LogP contribution in [-0.4, -0.2) is 30.5 Å². The third kappa shape index (κ3) is 2.36. The Balaban J connectivity index is 1.54. The van der Waals surface area contributed by atoms with Gasteiger partial charge in [0.25, 0.3) is 0 Å². The number of thiophene rings is 1. The van der Waals surface area contributed by atoms with Crippen LogP contribution in [0.2, 0.25) is 0 Å². The van der Waals surface area contributed by atoms with Crippen molar-refractivity contribution in [2.24, 2.45) is 0 Å². The zero-order valence-corrected chi connectivity index (χ0v) is 13.3. The van der Waals surface area contributed by atoms with Crippen LogP contribution in [-0.2, 0) is 28.0 Å². The number of rotatable bonds is 2. The molecule has 1 atom stereocenters. The van der Waals surface area contributed by atoms with Gasteiger partial charge in [-0.15, -0.1) is 11.3 Å². The van der Waals surface area contributed by atoms with Gasteiger partial charge in [0.15, 0.2) is 0 Å². The number of nitrogens with zero attached hydrogens (tertiary/aromatic N) is 1. The van der Waals surface area contributed by atoms with Gasteiger partial charge in [-0.25, -0.2) is 0 Å². The van der Waals surface area contributed by atoms with Gasteiger partial charge >= 0.3 is 0 Å². The van der Waals surface area contributed by atoms with Crippen molar-refractivity contribution in [1.82, 2.24) is 4.90 Å². The second-order valence-electron chi connectivity index (χ2n) is 6.07. The summed E-state index contributed by atoms with van der Waals surface area (Å²) in [5.41, 5.74) is 2.37. The van der Waals surface area contributed by atoms with Crippen LogP contribution in [0.25, 0.3) is 0 Å². The van der Waals surface area contributed by atoms with E-state index >= 15 is 0 Å². The Morgan fingerprint density at radius 1 is 1.27 bits per heavy atom. The second kappa shape index (κ2) is 5.52. The van der Waals surface area contributed by atoms with Crippen molar-refractivity contribution >= 4 is 17.2 Å². The zero-order valence-electron chi connectivity index (χ0n) is 12.5. The van der Waals surface area contributed by atoms with Crippen LogP contribution in [0.4, 0.5) is 0 Å². The number of benzene rings is 1. The number of hydrogen-bond acceptors (Lipinski definition) is 3. The highest BCUT2D eigenvalue weighted by molar-refractivity contribution is 7.10. The maximum Gasteiger partial charge on any atom is 0.228 e. The highest BCUT2D eigenvalue weighted by Gasteiger charge is 2.44. The summed E-state index contributed by atoms with van der Waals surface area (Å²) in [6, 6.07) is 12.5. The quantitative estimate of drug-likeness (QED) is 0.853. The van der Waals surface area contributed by atoms with Gasteiger partial charge in [-0.05, 0) is 35.4 Å².